The summed E-state index contributed by atoms with van der Waals surface area (Å²) < 4.78 is 0. The molecule has 2 aromatic carbocycles. The minimum Gasteiger partial charge on any atom is -0.352 e. The summed E-state index contributed by atoms with van der Waals surface area (Å²) in [7, 11) is 0. The molecule has 2 amide bonds. The van der Waals surface area contributed by atoms with Crippen molar-refractivity contribution in [2.45, 2.75) is 37.0 Å². The minimum atomic E-state index is -0.102. The number of benzene rings is 2. The maximum atomic E-state index is 12.4. The molecule has 162 valence electrons. The second-order valence-electron chi connectivity index (χ2n) is 8.05. The molecule has 2 heterocycles. The van der Waals surface area contributed by atoms with E-state index in [-0.39, 0.29) is 11.8 Å². The zero-order valence-corrected chi connectivity index (χ0v) is 18.5. The van der Waals surface area contributed by atoms with Crippen molar-refractivity contribution in [3.63, 3.8) is 0 Å². The van der Waals surface area contributed by atoms with Gasteiger partial charge in [-0.1, -0.05) is 48.9 Å². The number of likely N-dealkylation sites (tertiary alicyclic amines) is 1. The zero-order chi connectivity index (χ0) is 21.5. The molecule has 2 N–H and O–H groups in total. The molecule has 6 heteroatoms. The first-order valence-corrected chi connectivity index (χ1v) is 11.9. The molecule has 2 aliphatic heterocycles. The van der Waals surface area contributed by atoms with Crippen molar-refractivity contribution in [3.05, 3.63) is 64.6 Å². The average Bonchev–Trinajstić information content (AvgIpc) is 3.06. The number of hydrogen-bond donors (Lipinski definition) is 2. The van der Waals surface area contributed by atoms with Crippen molar-refractivity contribution in [1.29, 1.82) is 0 Å². The second kappa shape index (κ2) is 10.6. The number of fused-ring (bicyclic) bond motifs is 1. The number of nitrogens with one attached hydrogen (secondary N) is 2. The number of rotatable bonds is 6. The first-order valence-electron chi connectivity index (χ1n) is 11.1. The highest BCUT2D eigenvalue weighted by atomic mass is 32.2. The zero-order valence-electron chi connectivity index (χ0n) is 17.7. The molecule has 0 saturated carbocycles. The second-order valence-corrected chi connectivity index (χ2v) is 9.13. The van der Waals surface area contributed by atoms with Crippen LogP contribution in [0.5, 0.6) is 0 Å². The summed E-state index contributed by atoms with van der Waals surface area (Å²) in [4.78, 5) is 29.0. The third-order valence-electron chi connectivity index (χ3n) is 5.68. The molecule has 31 heavy (non-hydrogen) atoms. The molecule has 0 unspecified atom stereocenters. The molecule has 1 saturated heterocycles. The van der Waals surface area contributed by atoms with E-state index in [0.717, 1.165) is 29.1 Å². The molecule has 0 aliphatic carbocycles. The van der Waals surface area contributed by atoms with Crippen LogP contribution in [0.2, 0.25) is 0 Å². The normalized spacial score (nSPS) is 18.2. The van der Waals surface area contributed by atoms with E-state index in [0.29, 0.717) is 17.0 Å². The number of para-hydroxylation sites is 1. The number of carbonyl (C=O) groups excluding carboxylic acids is 2. The summed E-state index contributed by atoms with van der Waals surface area (Å²) in [5.41, 5.74) is 2.38. The largest absolute Gasteiger partial charge is 0.352 e. The van der Waals surface area contributed by atoms with Crippen LogP contribution in [-0.2, 0) is 4.79 Å². The van der Waals surface area contributed by atoms with Crippen molar-refractivity contribution in [3.8, 4) is 0 Å². The highest BCUT2D eigenvalue weighted by Crippen LogP contribution is 2.38. The molecule has 0 atom stereocenters. The number of nitrogens with zero attached hydrogens (tertiary/aromatic N) is 1. The number of carbonyl (C=O) groups is 2. The molecule has 0 bridgehead atoms. The molecular weight excluding hydrogens is 406 g/mol. The van der Waals surface area contributed by atoms with Gasteiger partial charge < -0.3 is 15.5 Å². The monoisotopic (exact) mass is 435 g/mol. The summed E-state index contributed by atoms with van der Waals surface area (Å²) in [5, 5.41) is 5.94. The van der Waals surface area contributed by atoms with E-state index in [9.17, 15) is 9.59 Å². The predicted octanol–water partition coefficient (Wildman–Crippen LogP) is 4.77. The van der Waals surface area contributed by atoms with E-state index in [1.807, 2.05) is 54.6 Å². The lowest BCUT2D eigenvalue weighted by atomic mass is 10.1. The van der Waals surface area contributed by atoms with Crippen molar-refractivity contribution >= 4 is 35.3 Å². The van der Waals surface area contributed by atoms with Gasteiger partial charge in [-0.3, -0.25) is 9.59 Å². The fraction of sp³-hybridized carbons (Fsp3) is 0.360. The predicted molar refractivity (Wildman–Crippen MR) is 127 cm³/mol. The Hall–Kier alpha value is -2.57. The Bertz CT molecular complexity index is 947. The van der Waals surface area contributed by atoms with Crippen molar-refractivity contribution in [2.24, 2.45) is 0 Å². The Kier molecular flexibility index (Phi) is 7.43. The fourth-order valence-corrected chi connectivity index (χ4v) is 4.90. The van der Waals surface area contributed by atoms with Gasteiger partial charge in [0.2, 0.25) is 0 Å². The van der Waals surface area contributed by atoms with Gasteiger partial charge >= 0.3 is 0 Å². The van der Waals surface area contributed by atoms with Crippen LogP contribution in [0.1, 0.15) is 48.0 Å². The summed E-state index contributed by atoms with van der Waals surface area (Å²) >= 11 is 1.46. The van der Waals surface area contributed by atoms with Gasteiger partial charge in [0.05, 0.1) is 10.6 Å². The van der Waals surface area contributed by atoms with Gasteiger partial charge in [0, 0.05) is 17.0 Å². The van der Waals surface area contributed by atoms with Gasteiger partial charge in [-0.15, -0.1) is 0 Å². The fourth-order valence-electron chi connectivity index (χ4n) is 3.95. The quantitative estimate of drug-likeness (QED) is 0.507. The molecule has 0 spiro atoms. The third kappa shape index (κ3) is 5.99. The Morgan fingerprint density at radius 1 is 1.03 bits per heavy atom. The van der Waals surface area contributed by atoms with E-state index in [1.165, 1.54) is 50.5 Å². The average molecular weight is 436 g/mol. The van der Waals surface area contributed by atoms with Crippen LogP contribution < -0.4 is 10.6 Å². The molecule has 5 nitrogen and oxygen atoms in total. The lowest BCUT2D eigenvalue weighted by Crippen LogP contribution is -2.30. The number of hydrogen-bond acceptors (Lipinski definition) is 4. The highest BCUT2D eigenvalue weighted by Gasteiger charge is 2.20. The van der Waals surface area contributed by atoms with Crippen LogP contribution in [0.3, 0.4) is 0 Å². The van der Waals surface area contributed by atoms with Gasteiger partial charge in [0.1, 0.15) is 0 Å². The van der Waals surface area contributed by atoms with E-state index >= 15 is 0 Å². The van der Waals surface area contributed by atoms with Crippen LogP contribution in [-0.4, -0.2) is 42.9 Å². The summed E-state index contributed by atoms with van der Waals surface area (Å²) in [6.07, 6.45) is 8.11. The van der Waals surface area contributed by atoms with Gasteiger partial charge in [-0.05, 0) is 74.8 Å². The molecular formula is C25H29N3O2S. The maximum Gasteiger partial charge on any atom is 0.262 e. The number of anilines is 1. The highest BCUT2D eigenvalue weighted by molar-refractivity contribution is 8.04. The molecule has 4 rings (SSSR count). The van der Waals surface area contributed by atoms with Crippen LogP contribution in [0.25, 0.3) is 6.08 Å². The van der Waals surface area contributed by atoms with Crippen LogP contribution >= 0.6 is 11.8 Å². The van der Waals surface area contributed by atoms with Gasteiger partial charge in [0.25, 0.3) is 11.8 Å². The van der Waals surface area contributed by atoms with Crippen molar-refractivity contribution < 1.29 is 9.59 Å². The summed E-state index contributed by atoms with van der Waals surface area (Å²) in [5.74, 6) is -0.149. The van der Waals surface area contributed by atoms with E-state index < -0.39 is 0 Å². The first kappa shape index (κ1) is 21.7. The lowest BCUT2D eigenvalue weighted by Gasteiger charge is -2.19. The molecule has 0 aromatic heterocycles. The number of amides is 2. The van der Waals surface area contributed by atoms with E-state index in [1.54, 1.807) is 0 Å². The number of thioether (sulfide) groups is 1. The maximum absolute atomic E-state index is 12.4. The first-order chi connectivity index (χ1) is 15.2. The third-order valence-corrected chi connectivity index (χ3v) is 6.78. The molecule has 2 aliphatic rings. The lowest BCUT2D eigenvalue weighted by molar-refractivity contribution is -0.112. The van der Waals surface area contributed by atoms with Crippen LogP contribution in [0, 0.1) is 0 Å². The smallest absolute Gasteiger partial charge is 0.262 e. The standard InChI is InChI=1S/C25H29N3O2S/c29-24(26-14-7-17-28-15-5-1-2-6-16-28)20-12-10-19(11-13-20)18-23-25(30)27-21-8-3-4-9-22(21)31-23/h3-4,8-13,18H,1-2,5-7,14-17H2,(H,26,29)(H,27,30)/b23-18+. The minimum absolute atomic E-state index is 0.0474. The van der Waals surface area contributed by atoms with Crippen molar-refractivity contribution in [2.75, 3.05) is 31.5 Å². The Balaban J connectivity index is 1.28. The van der Waals surface area contributed by atoms with Gasteiger partial charge in [-0.25, -0.2) is 0 Å². The summed E-state index contributed by atoms with van der Waals surface area (Å²) in [6, 6.07) is 15.2. The Morgan fingerprint density at radius 2 is 1.77 bits per heavy atom. The van der Waals surface area contributed by atoms with Crippen LogP contribution in [0.15, 0.2) is 58.3 Å². The van der Waals surface area contributed by atoms with Crippen molar-refractivity contribution in [1.82, 2.24) is 10.2 Å². The van der Waals surface area contributed by atoms with Crippen LogP contribution in [0.4, 0.5) is 5.69 Å². The SMILES string of the molecule is O=C1Nc2ccccc2S/C1=C/c1ccc(C(=O)NCCCN2CCCCCC2)cc1. The molecule has 0 radical (unpaired) electrons. The molecule has 2 aromatic rings. The van der Waals surface area contributed by atoms with E-state index in [2.05, 4.69) is 15.5 Å². The Labute approximate surface area is 188 Å². The summed E-state index contributed by atoms with van der Waals surface area (Å²) in [6.45, 7) is 4.12. The van der Waals surface area contributed by atoms with E-state index in [4.69, 9.17) is 0 Å². The van der Waals surface area contributed by atoms with Gasteiger partial charge in [-0.2, -0.15) is 0 Å². The van der Waals surface area contributed by atoms with Gasteiger partial charge in [0.15, 0.2) is 0 Å². The molecule has 1 fully saturated rings. The Morgan fingerprint density at radius 3 is 2.55 bits per heavy atom. The topological polar surface area (TPSA) is 61.4 Å².